The van der Waals surface area contributed by atoms with E-state index in [-0.39, 0.29) is 0 Å². The molecule has 1 aliphatic heterocycles. The van der Waals surface area contributed by atoms with E-state index in [9.17, 15) is 0 Å². The molecule has 1 aliphatic rings. The van der Waals surface area contributed by atoms with Gasteiger partial charge in [-0.05, 0) is 35.2 Å². The Morgan fingerprint density at radius 3 is 2.33 bits per heavy atom. The average molecular weight is 359 g/mol. The van der Waals surface area contributed by atoms with Crippen molar-refractivity contribution in [2.45, 2.75) is 19.5 Å². The number of hydrogen-bond acceptors (Lipinski definition) is 3. The molecule has 0 atom stereocenters. The van der Waals surface area contributed by atoms with E-state index in [0.29, 0.717) is 0 Å². The predicted octanol–water partition coefficient (Wildman–Crippen LogP) is 4.93. The molecule has 0 radical (unpaired) electrons. The summed E-state index contributed by atoms with van der Waals surface area (Å²) in [5.41, 5.74) is 6.35. The van der Waals surface area contributed by atoms with Crippen LogP contribution >= 0.6 is 0 Å². The first kappa shape index (κ1) is 17.6. The van der Waals surface area contributed by atoms with Gasteiger partial charge in [0.1, 0.15) is 11.5 Å². The lowest BCUT2D eigenvalue weighted by Gasteiger charge is -2.31. The van der Waals surface area contributed by atoms with Crippen LogP contribution in [-0.4, -0.2) is 25.7 Å². The van der Waals surface area contributed by atoms with Crippen molar-refractivity contribution in [3.63, 3.8) is 0 Å². The van der Waals surface area contributed by atoms with Crippen LogP contribution in [0.4, 0.5) is 0 Å². The molecule has 0 amide bonds. The highest BCUT2D eigenvalue weighted by Crippen LogP contribution is 2.42. The highest BCUT2D eigenvalue weighted by molar-refractivity contribution is 5.80. The van der Waals surface area contributed by atoms with Gasteiger partial charge in [0.25, 0.3) is 0 Å². The van der Waals surface area contributed by atoms with Gasteiger partial charge in [0.15, 0.2) is 0 Å². The molecular weight excluding hydrogens is 334 g/mol. The van der Waals surface area contributed by atoms with Crippen molar-refractivity contribution >= 4 is 0 Å². The van der Waals surface area contributed by atoms with E-state index in [1.807, 2.05) is 12.1 Å². The van der Waals surface area contributed by atoms with Gasteiger partial charge in [0.05, 0.1) is 14.2 Å². The highest BCUT2D eigenvalue weighted by Gasteiger charge is 2.24. The van der Waals surface area contributed by atoms with E-state index < -0.39 is 0 Å². The van der Waals surface area contributed by atoms with Gasteiger partial charge in [-0.3, -0.25) is 4.90 Å². The van der Waals surface area contributed by atoms with Gasteiger partial charge in [0, 0.05) is 30.8 Å². The molecule has 0 N–H and O–H groups in total. The second-order valence-electron chi connectivity index (χ2n) is 6.93. The lowest BCUT2D eigenvalue weighted by atomic mass is 9.89. The van der Waals surface area contributed by atoms with Crippen LogP contribution < -0.4 is 9.47 Å². The first-order valence-corrected chi connectivity index (χ1v) is 9.38. The van der Waals surface area contributed by atoms with E-state index in [4.69, 9.17) is 9.47 Å². The summed E-state index contributed by atoms with van der Waals surface area (Å²) in [6, 6.07) is 23.2. The summed E-state index contributed by atoms with van der Waals surface area (Å²) in [4.78, 5) is 2.51. The summed E-state index contributed by atoms with van der Waals surface area (Å²) in [6.45, 7) is 2.94. The van der Waals surface area contributed by atoms with Crippen molar-refractivity contribution in [3.8, 4) is 22.6 Å². The fourth-order valence-electron chi connectivity index (χ4n) is 3.96. The van der Waals surface area contributed by atoms with E-state index in [1.165, 1.54) is 16.7 Å². The van der Waals surface area contributed by atoms with E-state index in [2.05, 4.69) is 59.5 Å². The van der Waals surface area contributed by atoms with Gasteiger partial charge < -0.3 is 9.47 Å². The standard InChI is InChI=1S/C24H25NO2/c1-26-22-11-7-6-10-20(22)24-21-17-25(16-18-8-4-3-5-9-18)15-14-19(21)12-13-23(24)27-2/h3-13H,14-17H2,1-2H3. The van der Waals surface area contributed by atoms with Crippen molar-refractivity contribution in [1.29, 1.82) is 0 Å². The summed E-state index contributed by atoms with van der Waals surface area (Å²) in [5.74, 6) is 1.78. The molecule has 0 aromatic heterocycles. The van der Waals surface area contributed by atoms with Crippen LogP contribution in [0.15, 0.2) is 66.7 Å². The van der Waals surface area contributed by atoms with Crippen LogP contribution in [0, 0.1) is 0 Å². The molecule has 4 rings (SSSR count). The number of nitrogens with zero attached hydrogens (tertiary/aromatic N) is 1. The molecule has 138 valence electrons. The number of para-hydroxylation sites is 1. The lowest BCUT2D eigenvalue weighted by Crippen LogP contribution is -2.30. The molecule has 1 heterocycles. The van der Waals surface area contributed by atoms with Gasteiger partial charge >= 0.3 is 0 Å². The Kier molecular flexibility index (Phi) is 5.12. The molecule has 0 bridgehead atoms. The van der Waals surface area contributed by atoms with Gasteiger partial charge in [0.2, 0.25) is 0 Å². The zero-order valence-corrected chi connectivity index (χ0v) is 15.9. The fourth-order valence-corrected chi connectivity index (χ4v) is 3.96. The molecular formula is C24H25NO2. The Morgan fingerprint density at radius 1 is 0.815 bits per heavy atom. The molecule has 3 aromatic rings. The minimum Gasteiger partial charge on any atom is -0.496 e. The van der Waals surface area contributed by atoms with Gasteiger partial charge in [-0.25, -0.2) is 0 Å². The van der Waals surface area contributed by atoms with Crippen molar-refractivity contribution < 1.29 is 9.47 Å². The van der Waals surface area contributed by atoms with Gasteiger partial charge in [-0.1, -0.05) is 54.6 Å². The van der Waals surface area contributed by atoms with Crippen molar-refractivity contribution in [2.75, 3.05) is 20.8 Å². The van der Waals surface area contributed by atoms with E-state index >= 15 is 0 Å². The minimum absolute atomic E-state index is 0.879. The number of rotatable bonds is 5. The maximum atomic E-state index is 5.74. The summed E-state index contributed by atoms with van der Waals surface area (Å²) < 4.78 is 11.4. The van der Waals surface area contributed by atoms with Gasteiger partial charge in [-0.15, -0.1) is 0 Å². The third-order valence-electron chi connectivity index (χ3n) is 5.30. The number of ether oxygens (including phenoxy) is 2. The minimum atomic E-state index is 0.879. The predicted molar refractivity (Wildman–Crippen MR) is 109 cm³/mol. The molecule has 27 heavy (non-hydrogen) atoms. The number of fused-ring (bicyclic) bond motifs is 1. The zero-order chi connectivity index (χ0) is 18.6. The molecule has 3 heteroatoms. The Hall–Kier alpha value is -2.78. The molecule has 3 nitrogen and oxygen atoms in total. The van der Waals surface area contributed by atoms with Crippen LogP contribution in [0.1, 0.15) is 16.7 Å². The SMILES string of the molecule is COc1ccccc1-c1c(OC)ccc2c1CN(Cc1ccccc1)CC2. The second kappa shape index (κ2) is 7.85. The van der Waals surface area contributed by atoms with Crippen molar-refractivity contribution in [2.24, 2.45) is 0 Å². The maximum absolute atomic E-state index is 5.74. The maximum Gasteiger partial charge on any atom is 0.127 e. The number of hydrogen-bond donors (Lipinski definition) is 0. The third kappa shape index (κ3) is 3.56. The largest absolute Gasteiger partial charge is 0.496 e. The summed E-state index contributed by atoms with van der Waals surface area (Å²) in [5, 5.41) is 0. The lowest BCUT2D eigenvalue weighted by molar-refractivity contribution is 0.245. The molecule has 0 saturated heterocycles. The van der Waals surface area contributed by atoms with Crippen LogP contribution in [0.2, 0.25) is 0 Å². The third-order valence-corrected chi connectivity index (χ3v) is 5.30. The van der Waals surface area contributed by atoms with Crippen molar-refractivity contribution in [1.82, 2.24) is 4.90 Å². The molecule has 3 aromatic carbocycles. The van der Waals surface area contributed by atoms with Crippen molar-refractivity contribution in [3.05, 3.63) is 83.4 Å². The van der Waals surface area contributed by atoms with Crippen LogP contribution in [0.3, 0.4) is 0 Å². The number of benzene rings is 3. The normalized spacial score (nSPS) is 13.9. The number of methoxy groups -OCH3 is 2. The average Bonchev–Trinajstić information content (AvgIpc) is 2.73. The Balaban J connectivity index is 1.75. The fraction of sp³-hybridized carbons (Fsp3) is 0.250. The smallest absolute Gasteiger partial charge is 0.127 e. The topological polar surface area (TPSA) is 21.7 Å². The second-order valence-corrected chi connectivity index (χ2v) is 6.93. The Morgan fingerprint density at radius 2 is 1.56 bits per heavy atom. The van der Waals surface area contributed by atoms with E-state index in [0.717, 1.165) is 48.7 Å². The Labute approximate surface area is 161 Å². The monoisotopic (exact) mass is 359 g/mol. The first-order valence-electron chi connectivity index (χ1n) is 9.38. The quantitative estimate of drug-likeness (QED) is 0.645. The Bertz CT molecular complexity index is 921. The summed E-state index contributed by atoms with van der Waals surface area (Å²) in [7, 11) is 3.47. The first-order chi connectivity index (χ1) is 13.3. The molecule has 0 spiro atoms. The molecule has 0 unspecified atom stereocenters. The van der Waals surface area contributed by atoms with Gasteiger partial charge in [-0.2, -0.15) is 0 Å². The highest BCUT2D eigenvalue weighted by atomic mass is 16.5. The molecule has 0 fully saturated rings. The van der Waals surface area contributed by atoms with Crippen LogP contribution in [0.25, 0.3) is 11.1 Å². The molecule has 0 aliphatic carbocycles. The summed E-state index contributed by atoms with van der Waals surface area (Å²) in [6.07, 6.45) is 1.05. The zero-order valence-electron chi connectivity index (χ0n) is 15.9. The molecule has 0 saturated carbocycles. The van der Waals surface area contributed by atoms with Crippen LogP contribution in [0.5, 0.6) is 11.5 Å². The van der Waals surface area contributed by atoms with Crippen LogP contribution in [-0.2, 0) is 19.5 Å². The van der Waals surface area contributed by atoms with E-state index in [1.54, 1.807) is 14.2 Å². The summed E-state index contributed by atoms with van der Waals surface area (Å²) >= 11 is 0.